The highest BCUT2D eigenvalue weighted by molar-refractivity contribution is 7.92. The maximum Gasteiger partial charge on any atom is 0.256 e. The Balaban J connectivity index is 1.48. The Morgan fingerprint density at radius 1 is 1.26 bits per heavy atom. The number of β-amino-alcohol motifs (C(OH)–C–C–N with tert-alkyl or cyclic N) is 1. The molecule has 2 aliphatic rings. The molecule has 11 nitrogen and oxygen atoms in total. The molecule has 2 aliphatic heterocycles. The number of aliphatic hydroxyl groups is 1. The minimum absolute atomic E-state index is 0.173. The number of anilines is 2. The molecule has 0 saturated carbocycles. The van der Waals surface area contributed by atoms with Crippen molar-refractivity contribution in [1.82, 2.24) is 19.5 Å². The molecule has 4 heterocycles. The van der Waals surface area contributed by atoms with Crippen molar-refractivity contribution >= 4 is 44.7 Å². The Morgan fingerprint density at radius 3 is 2.76 bits per heavy atom. The lowest BCUT2D eigenvalue weighted by Crippen LogP contribution is -2.39. The van der Waals surface area contributed by atoms with Crippen molar-refractivity contribution in [3.63, 3.8) is 0 Å². The van der Waals surface area contributed by atoms with Gasteiger partial charge in [-0.15, -0.1) is 0 Å². The predicted molar refractivity (Wildman–Crippen MR) is 143 cm³/mol. The van der Waals surface area contributed by atoms with Crippen LogP contribution in [-0.4, -0.2) is 70.9 Å². The van der Waals surface area contributed by atoms with Gasteiger partial charge in [0.25, 0.3) is 5.91 Å². The number of nitrogens with zero attached hydrogens (tertiary/aromatic N) is 6. The standard InChI is InChI=1S/C25H28ClN7O4S/c1-15-12-33-23(28-24(15)31-13-16(11-27)22(34)14-31)10-20(29-33)21-5-3-4-8-32(21)25(35)18-9-17(26)6-7-19(18)30-38(2,36)37/h6-7,9-10,12,16,21-22,30,34H,3-5,8,13-14H2,1-2H3/t16-,21-,22+/m0/s1. The second kappa shape index (κ2) is 10.1. The minimum Gasteiger partial charge on any atom is -0.390 e. The third-order valence-corrected chi connectivity index (χ3v) is 7.82. The van der Waals surface area contributed by atoms with Gasteiger partial charge in [0.2, 0.25) is 10.0 Å². The summed E-state index contributed by atoms with van der Waals surface area (Å²) < 4.78 is 27.9. The van der Waals surface area contributed by atoms with Crippen LogP contribution < -0.4 is 9.62 Å². The molecule has 2 fully saturated rings. The fourth-order valence-electron chi connectivity index (χ4n) is 5.21. The molecule has 1 aromatic carbocycles. The van der Waals surface area contributed by atoms with Crippen molar-refractivity contribution in [1.29, 1.82) is 5.26 Å². The number of likely N-dealkylation sites (tertiary alicyclic amines) is 1. The highest BCUT2D eigenvalue weighted by atomic mass is 35.5. The largest absolute Gasteiger partial charge is 0.390 e. The van der Waals surface area contributed by atoms with Crippen LogP contribution >= 0.6 is 11.6 Å². The lowest BCUT2D eigenvalue weighted by molar-refractivity contribution is 0.0607. The lowest BCUT2D eigenvalue weighted by Gasteiger charge is -2.35. The molecule has 3 aromatic rings. The number of piperidine rings is 1. The van der Waals surface area contributed by atoms with E-state index in [1.165, 1.54) is 18.2 Å². The number of halogens is 1. The molecule has 1 amide bonds. The van der Waals surface area contributed by atoms with E-state index in [4.69, 9.17) is 21.7 Å². The van der Waals surface area contributed by atoms with Crippen molar-refractivity contribution in [2.45, 2.75) is 38.3 Å². The number of aromatic nitrogens is 3. The molecule has 0 spiro atoms. The minimum atomic E-state index is -3.61. The van der Waals surface area contributed by atoms with Gasteiger partial charge in [-0.1, -0.05) is 11.6 Å². The summed E-state index contributed by atoms with van der Waals surface area (Å²) in [4.78, 5) is 22.2. The fraction of sp³-hybridized carbons (Fsp3) is 0.440. The number of fused-ring (bicyclic) bond motifs is 1. The molecular formula is C25H28ClN7O4S. The number of nitriles is 1. The van der Waals surface area contributed by atoms with E-state index in [2.05, 4.69) is 10.8 Å². The average molecular weight is 558 g/mol. The molecule has 38 heavy (non-hydrogen) atoms. The maximum absolute atomic E-state index is 13.8. The molecule has 2 N–H and O–H groups in total. The SMILES string of the molecule is Cc1cn2nc([C@@H]3CCCCN3C(=O)c3cc(Cl)ccc3NS(C)(=O)=O)cc2nc1N1C[C@@H](O)[C@@H](C#N)C1. The summed E-state index contributed by atoms with van der Waals surface area (Å²) in [6, 6.07) is 8.16. The van der Waals surface area contributed by atoms with Gasteiger partial charge in [0.15, 0.2) is 5.65 Å². The summed E-state index contributed by atoms with van der Waals surface area (Å²) >= 11 is 6.18. The molecule has 2 saturated heterocycles. The summed E-state index contributed by atoms with van der Waals surface area (Å²) in [6.45, 7) is 3.12. The van der Waals surface area contributed by atoms with Crippen LogP contribution in [0.1, 0.15) is 46.9 Å². The molecule has 13 heteroatoms. The predicted octanol–water partition coefficient (Wildman–Crippen LogP) is 2.75. The van der Waals surface area contributed by atoms with Crippen molar-refractivity contribution in [2.75, 3.05) is 35.5 Å². The normalized spacial score (nSPS) is 22.0. The molecule has 0 bridgehead atoms. The molecule has 0 radical (unpaired) electrons. The molecule has 3 atom stereocenters. The summed E-state index contributed by atoms with van der Waals surface area (Å²) in [5.74, 6) is -0.116. The summed E-state index contributed by atoms with van der Waals surface area (Å²) in [5, 5.41) is 24.5. The number of rotatable bonds is 5. The zero-order valence-corrected chi connectivity index (χ0v) is 22.6. The van der Waals surface area contributed by atoms with Crippen LogP contribution in [0, 0.1) is 24.2 Å². The quantitative estimate of drug-likeness (QED) is 0.487. The van der Waals surface area contributed by atoms with E-state index in [1.807, 2.05) is 24.1 Å². The van der Waals surface area contributed by atoms with Crippen molar-refractivity contribution in [2.24, 2.45) is 5.92 Å². The van der Waals surface area contributed by atoms with Crippen molar-refractivity contribution in [3.8, 4) is 6.07 Å². The third-order valence-electron chi connectivity index (χ3n) is 6.99. The van der Waals surface area contributed by atoms with E-state index in [0.717, 1.165) is 24.7 Å². The number of hydrogen-bond donors (Lipinski definition) is 2. The summed E-state index contributed by atoms with van der Waals surface area (Å²) in [5.41, 5.74) is 2.47. The van der Waals surface area contributed by atoms with E-state index in [1.54, 1.807) is 9.42 Å². The van der Waals surface area contributed by atoms with E-state index < -0.39 is 22.0 Å². The maximum atomic E-state index is 13.8. The van der Waals surface area contributed by atoms with Gasteiger partial charge in [0.1, 0.15) is 5.82 Å². The van der Waals surface area contributed by atoms with Crippen LogP contribution in [0.25, 0.3) is 5.65 Å². The van der Waals surface area contributed by atoms with E-state index in [-0.39, 0.29) is 23.2 Å². The highest BCUT2D eigenvalue weighted by Gasteiger charge is 2.34. The zero-order chi connectivity index (χ0) is 27.2. The first-order chi connectivity index (χ1) is 18.0. The molecule has 0 unspecified atom stereocenters. The highest BCUT2D eigenvalue weighted by Crippen LogP contribution is 2.34. The first kappa shape index (κ1) is 26.2. The average Bonchev–Trinajstić information content (AvgIpc) is 3.45. The first-order valence-electron chi connectivity index (χ1n) is 12.3. The fourth-order valence-corrected chi connectivity index (χ4v) is 5.96. The van der Waals surface area contributed by atoms with Gasteiger partial charge < -0.3 is 14.9 Å². The molecule has 200 valence electrons. The van der Waals surface area contributed by atoms with E-state index in [0.29, 0.717) is 48.2 Å². The van der Waals surface area contributed by atoms with Gasteiger partial charge in [-0.2, -0.15) is 10.4 Å². The number of benzene rings is 1. The van der Waals surface area contributed by atoms with Gasteiger partial charge in [-0.05, 0) is 44.4 Å². The van der Waals surface area contributed by atoms with Gasteiger partial charge in [0, 0.05) is 42.5 Å². The van der Waals surface area contributed by atoms with Crippen LogP contribution in [0.5, 0.6) is 0 Å². The van der Waals surface area contributed by atoms with Crippen LogP contribution in [0.15, 0.2) is 30.5 Å². The Hall–Kier alpha value is -3.40. The smallest absolute Gasteiger partial charge is 0.256 e. The number of nitrogens with one attached hydrogen (secondary N) is 1. The van der Waals surface area contributed by atoms with E-state index >= 15 is 0 Å². The topological polar surface area (TPSA) is 144 Å². The van der Waals surface area contributed by atoms with Gasteiger partial charge >= 0.3 is 0 Å². The van der Waals surface area contributed by atoms with Crippen molar-refractivity contribution in [3.05, 3.63) is 52.3 Å². The molecule has 0 aliphatic carbocycles. The first-order valence-corrected chi connectivity index (χ1v) is 14.6. The summed E-state index contributed by atoms with van der Waals surface area (Å²) in [6.07, 6.45) is 4.57. The number of carbonyl (C=O) groups excluding carboxylic acids is 1. The second-order valence-corrected chi connectivity index (χ2v) is 12.1. The number of amides is 1. The van der Waals surface area contributed by atoms with Crippen LogP contribution in [0.4, 0.5) is 11.5 Å². The Labute approximate surface area is 225 Å². The number of sulfonamides is 1. The Bertz CT molecular complexity index is 1550. The Kier molecular flexibility index (Phi) is 6.94. The molecule has 2 aromatic heterocycles. The second-order valence-electron chi connectivity index (χ2n) is 9.90. The monoisotopic (exact) mass is 557 g/mol. The third kappa shape index (κ3) is 5.14. The number of aliphatic hydroxyl groups excluding tert-OH is 1. The zero-order valence-electron chi connectivity index (χ0n) is 21.0. The molecule has 5 rings (SSSR count). The van der Waals surface area contributed by atoms with Crippen LogP contribution in [-0.2, 0) is 10.0 Å². The number of hydrogen-bond acceptors (Lipinski definition) is 8. The van der Waals surface area contributed by atoms with Crippen molar-refractivity contribution < 1.29 is 18.3 Å². The van der Waals surface area contributed by atoms with E-state index in [9.17, 15) is 23.6 Å². The summed E-state index contributed by atoms with van der Waals surface area (Å²) in [7, 11) is -3.61. The van der Waals surface area contributed by atoms with Gasteiger partial charge in [-0.3, -0.25) is 9.52 Å². The van der Waals surface area contributed by atoms with Gasteiger partial charge in [-0.25, -0.2) is 17.9 Å². The number of aryl methyl sites for hydroxylation is 1. The van der Waals surface area contributed by atoms with Gasteiger partial charge in [0.05, 0.1) is 47.3 Å². The molecular weight excluding hydrogens is 530 g/mol. The number of carbonyl (C=O) groups is 1. The van der Waals surface area contributed by atoms with Crippen LogP contribution in [0.3, 0.4) is 0 Å². The Morgan fingerprint density at radius 2 is 2.05 bits per heavy atom. The van der Waals surface area contributed by atoms with Crippen LogP contribution in [0.2, 0.25) is 5.02 Å². The lowest BCUT2D eigenvalue weighted by atomic mass is 9.98.